The van der Waals surface area contributed by atoms with Crippen molar-refractivity contribution in [1.29, 1.82) is 0 Å². The molecule has 118 valence electrons. The molecule has 6 heteroatoms. The molecule has 0 amide bonds. The van der Waals surface area contributed by atoms with E-state index < -0.39 is 0 Å². The van der Waals surface area contributed by atoms with Gasteiger partial charge >= 0.3 is 0 Å². The fourth-order valence-corrected chi connectivity index (χ4v) is 3.38. The Balaban J connectivity index is 1.75. The number of rotatable bonds is 2. The van der Waals surface area contributed by atoms with Crippen LogP contribution in [0, 0.1) is 12.7 Å². The first-order valence-electron chi connectivity index (χ1n) is 7.76. The van der Waals surface area contributed by atoms with Crippen LogP contribution in [-0.2, 0) is 0 Å². The lowest BCUT2D eigenvalue weighted by molar-refractivity contribution is 0.616. The molecule has 0 aliphatic carbocycles. The molecule has 5 nitrogen and oxygen atoms in total. The van der Waals surface area contributed by atoms with E-state index in [0.29, 0.717) is 5.82 Å². The van der Waals surface area contributed by atoms with E-state index in [1.807, 2.05) is 25.3 Å². The van der Waals surface area contributed by atoms with Crippen LogP contribution in [-0.4, -0.2) is 21.1 Å². The number of hydrogen-bond acceptors (Lipinski definition) is 4. The molecular weight excluding hydrogens is 293 g/mol. The summed E-state index contributed by atoms with van der Waals surface area (Å²) in [5, 5.41) is 4.15. The number of benzene rings is 1. The van der Waals surface area contributed by atoms with Crippen molar-refractivity contribution in [3.8, 4) is 0 Å². The van der Waals surface area contributed by atoms with E-state index in [9.17, 15) is 4.39 Å². The number of aryl methyl sites for hydroxylation is 1. The first-order chi connectivity index (χ1) is 11.1. The molecule has 1 fully saturated rings. The van der Waals surface area contributed by atoms with Gasteiger partial charge in [0, 0.05) is 18.8 Å². The number of nitrogens with two attached hydrogens (primary N) is 1. The van der Waals surface area contributed by atoms with Crippen molar-refractivity contribution in [2.45, 2.75) is 25.8 Å². The van der Waals surface area contributed by atoms with Gasteiger partial charge in [-0.3, -0.25) is 0 Å². The second kappa shape index (κ2) is 5.22. The van der Waals surface area contributed by atoms with Gasteiger partial charge in [0.15, 0.2) is 5.65 Å². The average Bonchev–Trinajstić information content (AvgIpc) is 3.14. The predicted molar refractivity (Wildman–Crippen MR) is 87.9 cm³/mol. The fourth-order valence-electron chi connectivity index (χ4n) is 3.38. The van der Waals surface area contributed by atoms with Crippen molar-refractivity contribution < 1.29 is 4.39 Å². The van der Waals surface area contributed by atoms with Crippen molar-refractivity contribution in [1.82, 2.24) is 14.6 Å². The van der Waals surface area contributed by atoms with Gasteiger partial charge in [0.1, 0.15) is 17.5 Å². The molecule has 0 bridgehead atoms. The summed E-state index contributed by atoms with van der Waals surface area (Å²) in [6.45, 7) is 2.94. The summed E-state index contributed by atoms with van der Waals surface area (Å²) in [6, 6.07) is 8.84. The monoisotopic (exact) mass is 311 g/mol. The maximum Gasteiger partial charge on any atom is 0.159 e. The third-order valence-corrected chi connectivity index (χ3v) is 4.48. The summed E-state index contributed by atoms with van der Waals surface area (Å²) in [6.07, 6.45) is 3.93. The molecule has 0 radical (unpaired) electrons. The van der Waals surface area contributed by atoms with Gasteiger partial charge in [-0.15, -0.1) is 5.10 Å². The van der Waals surface area contributed by atoms with Crippen molar-refractivity contribution >= 4 is 17.3 Å². The van der Waals surface area contributed by atoms with Gasteiger partial charge in [0.25, 0.3) is 0 Å². The molecule has 1 aliphatic heterocycles. The van der Waals surface area contributed by atoms with Crippen LogP contribution in [0.5, 0.6) is 0 Å². The lowest BCUT2D eigenvalue weighted by Gasteiger charge is -2.27. The number of hydrogen-bond donors (Lipinski definition) is 1. The lowest BCUT2D eigenvalue weighted by atomic mass is 9.99. The van der Waals surface area contributed by atoms with E-state index in [2.05, 4.69) is 15.0 Å². The molecule has 23 heavy (non-hydrogen) atoms. The number of nitrogens with zero attached hydrogens (tertiary/aromatic N) is 4. The predicted octanol–water partition coefficient (Wildman–Crippen LogP) is 3.10. The van der Waals surface area contributed by atoms with Gasteiger partial charge in [-0.1, -0.05) is 6.07 Å². The molecule has 3 aromatic rings. The van der Waals surface area contributed by atoms with Crippen LogP contribution in [0.15, 0.2) is 36.5 Å². The zero-order valence-electron chi connectivity index (χ0n) is 12.9. The minimum atomic E-state index is -0.190. The lowest BCUT2D eigenvalue weighted by Crippen LogP contribution is -2.24. The highest BCUT2D eigenvalue weighted by Gasteiger charge is 2.28. The molecule has 2 N–H and O–H groups in total. The van der Waals surface area contributed by atoms with Gasteiger partial charge in [-0.05, 0) is 49.1 Å². The largest absolute Gasteiger partial charge is 0.382 e. The normalized spacial score (nSPS) is 18.0. The van der Waals surface area contributed by atoms with Crippen molar-refractivity contribution in [2.24, 2.45) is 0 Å². The zero-order chi connectivity index (χ0) is 16.0. The zero-order valence-corrected chi connectivity index (χ0v) is 12.9. The van der Waals surface area contributed by atoms with Crippen molar-refractivity contribution in [3.63, 3.8) is 0 Å². The number of halogens is 1. The highest BCUT2D eigenvalue weighted by molar-refractivity contribution is 5.54. The third kappa shape index (κ3) is 2.40. The van der Waals surface area contributed by atoms with Gasteiger partial charge < -0.3 is 10.6 Å². The average molecular weight is 311 g/mol. The standard InChI is InChI=1S/C17H18FN5/c1-11-4-5-12(18)9-13(11)14-3-2-7-22(14)16-6-8-23-17(20-16)10-15(19)21-23/h4-6,8-10,14H,2-3,7H2,1H3,(H2,19,21). The Morgan fingerprint density at radius 2 is 2.13 bits per heavy atom. The number of nitrogen functional groups attached to an aromatic ring is 1. The Morgan fingerprint density at radius 3 is 3.00 bits per heavy atom. The molecule has 1 saturated heterocycles. The first-order valence-corrected chi connectivity index (χ1v) is 7.76. The molecule has 3 heterocycles. The molecule has 1 atom stereocenters. The maximum absolute atomic E-state index is 13.7. The molecular formula is C17H18FN5. The summed E-state index contributed by atoms with van der Waals surface area (Å²) >= 11 is 0. The number of aromatic nitrogens is 3. The summed E-state index contributed by atoms with van der Waals surface area (Å²) < 4.78 is 15.3. The minimum absolute atomic E-state index is 0.154. The third-order valence-electron chi connectivity index (χ3n) is 4.48. The summed E-state index contributed by atoms with van der Waals surface area (Å²) in [5.41, 5.74) is 8.59. The van der Waals surface area contributed by atoms with Crippen LogP contribution in [0.4, 0.5) is 16.0 Å². The van der Waals surface area contributed by atoms with Gasteiger partial charge in [0.05, 0.1) is 6.04 Å². The second-order valence-electron chi connectivity index (χ2n) is 6.01. The molecule has 0 saturated carbocycles. The molecule has 1 aromatic carbocycles. The molecule has 1 unspecified atom stereocenters. The van der Waals surface area contributed by atoms with Crippen molar-refractivity contribution in [3.05, 3.63) is 53.5 Å². The summed E-state index contributed by atoms with van der Waals surface area (Å²) in [5.74, 6) is 1.14. The van der Waals surface area contributed by atoms with Crippen LogP contribution in [0.1, 0.15) is 30.0 Å². The van der Waals surface area contributed by atoms with Crippen LogP contribution >= 0.6 is 0 Å². The van der Waals surface area contributed by atoms with E-state index in [-0.39, 0.29) is 11.9 Å². The van der Waals surface area contributed by atoms with E-state index in [1.54, 1.807) is 16.6 Å². The van der Waals surface area contributed by atoms with Gasteiger partial charge in [-0.25, -0.2) is 13.9 Å². The van der Waals surface area contributed by atoms with Crippen molar-refractivity contribution in [2.75, 3.05) is 17.2 Å². The Bertz CT molecular complexity index is 873. The number of fused-ring (bicyclic) bond motifs is 1. The Kier molecular flexibility index (Phi) is 3.18. The second-order valence-corrected chi connectivity index (χ2v) is 6.01. The first kappa shape index (κ1) is 14.0. The van der Waals surface area contributed by atoms with E-state index >= 15 is 0 Å². The summed E-state index contributed by atoms with van der Waals surface area (Å²) in [7, 11) is 0. The van der Waals surface area contributed by atoms with Gasteiger partial charge in [0.2, 0.25) is 0 Å². The number of anilines is 2. The van der Waals surface area contributed by atoms with E-state index in [4.69, 9.17) is 5.73 Å². The SMILES string of the molecule is Cc1ccc(F)cc1C1CCCN1c1ccn2nc(N)cc2n1. The smallest absolute Gasteiger partial charge is 0.159 e. The minimum Gasteiger partial charge on any atom is -0.382 e. The molecule has 1 aliphatic rings. The summed E-state index contributed by atoms with van der Waals surface area (Å²) in [4.78, 5) is 6.90. The Morgan fingerprint density at radius 1 is 1.26 bits per heavy atom. The van der Waals surface area contributed by atoms with E-state index in [0.717, 1.165) is 42.0 Å². The Hall–Kier alpha value is -2.63. The van der Waals surface area contributed by atoms with Crippen LogP contribution in [0.2, 0.25) is 0 Å². The highest BCUT2D eigenvalue weighted by atomic mass is 19.1. The van der Waals surface area contributed by atoms with Crippen LogP contribution < -0.4 is 10.6 Å². The maximum atomic E-state index is 13.7. The molecule has 4 rings (SSSR count). The molecule has 0 spiro atoms. The quantitative estimate of drug-likeness (QED) is 0.790. The van der Waals surface area contributed by atoms with Gasteiger partial charge in [-0.2, -0.15) is 0 Å². The van der Waals surface area contributed by atoms with Crippen LogP contribution in [0.3, 0.4) is 0 Å². The van der Waals surface area contributed by atoms with Crippen LogP contribution in [0.25, 0.3) is 5.65 Å². The molecule has 2 aromatic heterocycles. The highest BCUT2D eigenvalue weighted by Crippen LogP contribution is 2.37. The topological polar surface area (TPSA) is 59.5 Å². The van der Waals surface area contributed by atoms with E-state index in [1.165, 1.54) is 6.07 Å². The Labute approximate surface area is 133 Å². The fraction of sp³-hybridized carbons (Fsp3) is 0.294.